The Morgan fingerprint density at radius 3 is 2.58 bits per heavy atom. The number of benzene rings is 1. The highest BCUT2D eigenvalue weighted by Gasteiger charge is 2.48. The molecule has 3 aliphatic heterocycles. The first-order valence-corrected chi connectivity index (χ1v) is 11.2. The van der Waals surface area contributed by atoms with Gasteiger partial charge in [-0.2, -0.15) is 0 Å². The molecule has 4 aliphatic rings. The predicted molar refractivity (Wildman–Crippen MR) is 112 cm³/mol. The molecule has 0 bridgehead atoms. The summed E-state index contributed by atoms with van der Waals surface area (Å²) in [4.78, 5) is 53.7. The summed E-state index contributed by atoms with van der Waals surface area (Å²) in [5.41, 5.74) is 7.97. The zero-order valence-electron chi connectivity index (χ0n) is 17.6. The largest absolute Gasteiger partial charge is 0.326 e. The third-order valence-electron chi connectivity index (χ3n) is 7.47. The number of nitrogens with two attached hydrogens (primary N) is 1. The molecule has 1 aliphatic carbocycles. The third-order valence-corrected chi connectivity index (χ3v) is 7.47. The van der Waals surface area contributed by atoms with Gasteiger partial charge in [-0.25, -0.2) is 0 Å². The normalized spacial score (nSPS) is 28.4. The van der Waals surface area contributed by atoms with Crippen molar-refractivity contribution in [2.24, 2.45) is 5.73 Å². The van der Waals surface area contributed by atoms with Crippen molar-refractivity contribution in [3.8, 4) is 0 Å². The second-order valence-corrected chi connectivity index (χ2v) is 9.42. The molecule has 5 rings (SSSR count). The van der Waals surface area contributed by atoms with Crippen molar-refractivity contribution in [1.29, 1.82) is 0 Å². The second-order valence-electron chi connectivity index (χ2n) is 9.42. The quantitative estimate of drug-likeness (QED) is 0.708. The molecule has 3 fully saturated rings. The number of carbonyl (C=O) groups excluding carboxylic acids is 4. The van der Waals surface area contributed by atoms with Gasteiger partial charge in [0.15, 0.2) is 0 Å². The highest BCUT2D eigenvalue weighted by Crippen LogP contribution is 2.42. The monoisotopic (exact) mass is 424 g/mol. The summed E-state index contributed by atoms with van der Waals surface area (Å²) in [5.74, 6) is -1.85. The SMILES string of the molecule is NC1CN(Cc2cccc3c2C(=O)N(C2CCC(=O)NC2=O)C3=O)C2(CCCCC2)C1. The van der Waals surface area contributed by atoms with Crippen molar-refractivity contribution in [1.82, 2.24) is 15.1 Å². The number of nitrogens with zero attached hydrogens (tertiary/aromatic N) is 2. The molecule has 3 heterocycles. The lowest BCUT2D eigenvalue weighted by Gasteiger charge is -2.41. The minimum Gasteiger partial charge on any atom is -0.326 e. The van der Waals surface area contributed by atoms with Crippen molar-refractivity contribution in [2.75, 3.05) is 6.54 Å². The first-order valence-electron chi connectivity index (χ1n) is 11.2. The number of rotatable bonds is 3. The smallest absolute Gasteiger partial charge is 0.262 e. The Kier molecular flexibility index (Phi) is 4.94. The number of hydrogen-bond acceptors (Lipinski definition) is 6. The molecular weight excluding hydrogens is 396 g/mol. The first kappa shape index (κ1) is 20.3. The fourth-order valence-electron chi connectivity index (χ4n) is 6.04. The van der Waals surface area contributed by atoms with Crippen LogP contribution in [-0.2, 0) is 16.1 Å². The Labute approximate surface area is 181 Å². The molecule has 4 amide bonds. The number of hydrogen-bond donors (Lipinski definition) is 2. The topological polar surface area (TPSA) is 113 Å². The fraction of sp³-hybridized carbons (Fsp3) is 0.565. The lowest BCUT2D eigenvalue weighted by atomic mass is 9.79. The third kappa shape index (κ3) is 3.29. The maximum atomic E-state index is 13.4. The van der Waals surface area contributed by atoms with Crippen molar-refractivity contribution in [3.05, 3.63) is 34.9 Å². The molecule has 1 aromatic rings. The van der Waals surface area contributed by atoms with Gasteiger partial charge in [-0.15, -0.1) is 0 Å². The van der Waals surface area contributed by atoms with Crippen LogP contribution >= 0.6 is 0 Å². The van der Waals surface area contributed by atoms with Crippen LogP contribution in [0.4, 0.5) is 0 Å². The Hall–Kier alpha value is -2.58. The molecule has 8 heteroatoms. The summed E-state index contributed by atoms with van der Waals surface area (Å²) in [6.07, 6.45) is 7.11. The zero-order chi connectivity index (χ0) is 21.8. The Bertz CT molecular complexity index is 968. The van der Waals surface area contributed by atoms with Crippen molar-refractivity contribution >= 4 is 23.6 Å². The van der Waals surface area contributed by atoms with Crippen LogP contribution in [0.3, 0.4) is 0 Å². The Balaban J connectivity index is 1.45. The number of nitrogens with one attached hydrogen (secondary N) is 1. The lowest BCUT2D eigenvalue weighted by Crippen LogP contribution is -2.54. The van der Waals surface area contributed by atoms with E-state index in [0.717, 1.165) is 36.3 Å². The highest BCUT2D eigenvalue weighted by atomic mass is 16.2. The second kappa shape index (κ2) is 7.53. The van der Waals surface area contributed by atoms with Gasteiger partial charge < -0.3 is 5.73 Å². The standard InChI is InChI=1S/C23H28N4O4/c24-15-11-23(9-2-1-3-10-23)26(13-15)12-14-5-4-6-16-19(14)22(31)27(21(16)30)17-7-8-18(28)25-20(17)29/h4-6,15,17H,1-3,7-13,24H2,(H,25,28,29). The molecular formula is C23H28N4O4. The van der Waals surface area contributed by atoms with E-state index >= 15 is 0 Å². The first-order chi connectivity index (χ1) is 14.9. The van der Waals surface area contributed by atoms with E-state index in [2.05, 4.69) is 10.2 Å². The Morgan fingerprint density at radius 2 is 1.84 bits per heavy atom. The van der Waals surface area contributed by atoms with Gasteiger partial charge in [-0.1, -0.05) is 31.4 Å². The summed E-state index contributed by atoms with van der Waals surface area (Å²) in [6, 6.07) is 4.53. The van der Waals surface area contributed by atoms with Gasteiger partial charge >= 0.3 is 0 Å². The molecule has 8 nitrogen and oxygen atoms in total. The molecule has 3 N–H and O–H groups in total. The van der Waals surface area contributed by atoms with E-state index in [1.54, 1.807) is 12.1 Å². The van der Waals surface area contributed by atoms with Crippen LogP contribution in [0, 0.1) is 0 Å². The number of imide groups is 2. The van der Waals surface area contributed by atoms with E-state index in [-0.39, 0.29) is 30.3 Å². The molecule has 1 aromatic carbocycles. The molecule has 2 unspecified atom stereocenters. The number of likely N-dealkylation sites (tertiary alicyclic amines) is 1. The minimum atomic E-state index is -0.942. The van der Waals surface area contributed by atoms with E-state index < -0.39 is 23.8 Å². The molecule has 2 saturated heterocycles. The van der Waals surface area contributed by atoms with Gasteiger partial charge in [0.05, 0.1) is 11.1 Å². The van der Waals surface area contributed by atoms with Crippen LogP contribution in [0.25, 0.3) is 0 Å². The van der Waals surface area contributed by atoms with Gasteiger partial charge in [0.2, 0.25) is 11.8 Å². The van der Waals surface area contributed by atoms with Crippen molar-refractivity contribution in [3.63, 3.8) is 0 Å². The van der Waals surface area contributed by atoms with Gasteiger partial charge in [0, 0.05) is 31.1 Å². The maximum Gasteiger partial charge on any atom is 0.262 e. The number of carbonyl (C=O) groups is 4. The van der Waals surface area contributed by atoms with Crippen molar-refractivity contribution in [2.45, 2.75) is 75.5 Å². The number of piperidine rings is 1. The summed E-state index contributed by atoms with van der Waals surface area (Å²) >= 11 is 0. The maximum absolute atomic E-state index is 13.4. The van der Waals surface area contributed by atoms with Crippen LogP contribution in [-0.4, -0.2) is 57.6 Å². The number of fused-ring (bicyclic) bond motifs is 1. The molecule has 2 atom stereocenters. The van der Waals surface area contributed by atoms with E-state index in [0.29, 0.717) is 17.7 Å². The van der Waals surface area contributed by atoms with Crippen LogP contribution in [0.15, 0.2) is 18.2 Å². The average molecular weight is 425 g/mol. The van der Waals surface area contributed by atoms with Crippen LogP contribution < -0.4 is 11.1 Å². The van der Waals surface area contributed by atoms with Gasteiger partial charge in [-0.05, 0) is 37.3 Å². The molecule has 31 heavy (non-hydrogen) atoms. The summed E-state index contributed by atoms with van der Waals surface area (Å²) < 4.78 is 0. The van der Waals surface area contributed by atoms with Crippen LogP contribution in [0.5, 0.6) is 0 Å². The van der Waals surface area contributed by atoms with E-state index in [9.17, 15) is 19.2 Å². The van der Waals surface area contributed by atoms with Gasteiger partial charge in [0.25, 0.3) is 11.8 Å². The van der Waals surface area contributed by atoms with E-state index in [1.807, 2.05) is 6.07 Å². The fourth-order valence-corrected chi connectivity index (χ4v) is 6.04. The molecule has 0 aromatic heterocycles. The minimum absolute atomic E-state index is 0.0787. The van der Waals surface area contributed by atoms with Gasteiger partial charge in [0.1, 0.15) is 6.04 Å². The summed E-state index contributed by atoms with van der Waals surface area (Å²) in [5, 5.41) is 2.25. The lowest BCUT2D eigenvalue weighted by molar-refractivity contribution is -0.136. The summed E-state index contributed by atoms with van der Waals surface area (Å²) in [6.45, 7) is 1.35. The van der Waals surface area contributed by atoms with Crippen LogP contribution in [0.1, 0.15) is 77.6 Å². The number of amides is 4. The zero-order valence-corrected chi connectivity index (χ0v) is 17.6. The molecule has 1 saturated carbocycles. The van der Waals surface area contributed by atoms with Crippen LogP contribution in [0.2, 0.25) is 0 Å². The van der Waals surface area contributed by atoms with E-state index in [4.69, 9.17) is 5.73 Å². The van der Waals surface area contributed by atoms with E-state index in [1.165, 1.54) is 19.3 Å². The Morgan fingerprint density at radius 1 is 1.06 bits per heavy atom. The predicted octanol–water partition coefficient (Wildman–Crippen LogP) is 1.32. The van der Waals surface area contributed by atoms with Crippen molar-refractivity contribution < 1.29 is 19.2 Å². The van der Waals surface area contributed by atoms with Gasteiger partial charge in [-0.3, -0.25) is 34.3 Å². The molecule has 164 valence electrons. The average Bonchev–Trinajstić information content (AvgIpc) is 3.17. The molecule has 0 radical (unpaired) electrons. The molecule has 1 spiro atoms. The summed E-state index contributed by atoms with van der Waals surface area (Å²) in [7, 11) is 0. The highest BCUT2D eigenvalue weighted by molar-refractivity contribution is 6.24.